The molecule has 9 amide bonds. The maximum atomic E-state index is 15.4. The average Bonchev–Trinajstić information content (AvgIpc) is 4.21. The number of pyridine rings is 1. The first-order valence-electron chi connectivity index (χ1n) is 25.3. The minimum Gasteiger partial charge on any atom is -0.475 e. The van der Waals surface area contributed by atoms with Crippen LogP contribution in [0.1, 0.15) is 70.3 Å². The van der Waals surface area contributed by atoms with Gasteiger partial charge in [-0.25, -0.2) is 13.6 Å². The van der Waals surface area contributed by atoms with E-state index in [0.717, 1.165) is 41.5 Å². The molecule has 82 heavy (non-hydrogen) atoms. The molecule has 28 heteroatoms. The normalized spacial score (nSPS) is 14.0. The van der Waals surface area contributed by atoms with E-state index in [4.69, 9.17) is 15.6 Å². The van der Waals surface area contributed by atoms with Crippen molar-refractivity contribution in [1.29, 1.82) is 0 Å². The molecule has 2 aromatic heterocycles. The Labute approximate surface area is 467 Å². The van der Waals surface area contributed by atoms with Crippen LogP contribution in [0.3, 0.4) is 0 Å². The number of amides is 9. The molecule has 5 rings (SSSR count). The number of nitrogens with zero attached hydrogens (tertiary/aromatic N) is 4. The molecule has 0 bridgehead atoms. The summed E-state index contributed by atoms with van der Waals surface area (Å²) in [5, 5.41) is 33.2. The van der Waals surface area contributed by atoms with Crippen molar-refractivity contribution < 1.29 is 80.1 Å². The Bertz CT molecular complexity index is 2960. The van der Waals surface area contributed by atoms with Gasteiger partial charge in [0.15, 0.2) is 0 Å². The maximum absolute atomic E-state index is 15.4. The van der Waals surface area contributed by atoms with E-state index in [1.54, 1.807) is 48.3 Å². The van der Waals surface area contributed by atoms with Crippen molar-refractivity contribution in [1.82, 2.24) is 51.3 Å². The maximum Gasteiger partial charge on any atom is 0.490 e. The van der Waals surface area contributed by atoms with E-state index >= 15 is 4.39 Å². The van der Waals surface area contributed by atoms with Crippen LogP contribution in [-0.2, 0) is 61.0 Å². The lowest BCUT2D eigenvalue weighted by Gasteiger charge is -2.41. The largest absolute Gasteiger partial charge is 0.490 e. The molecule has 0 fully saturated rings. The fourth-order valence-electron chi connectivity index (χ4n) is 8.18. The molecule has 5 atom stereocenters. The van der Waals surface area contributed by atoms with Gasteiger partial charge in [-0.05, 0) is 73.2 Å². The van der Waals surface area contributed by atoms with Crippen molar-refractivity contribution in [2.45, 2.75) is 96.9 Å². The number of aliphatic carboxylic acids is 1. The van der Waals surface area contributed by atoms with Crippen LogP contribution in [0.4, 0.5) is 22.0 Å². The number of halogens is 5. The second kappa shape index (κ2) is 30.1. The molecule has 0 saturated carbocycles. The third-order valence-corrected chi connectivity index (χ3v) is 12.3. The van der Waals surface area contributed by atoms with Crippen LogP contribution in [-0.4, -0.2) is 152 Å². The number of nitrogens with two attached hydrogens (primary N) is 1. The second-order valence-corrected chi connectivity index (χ2v) is 19.7. The minimum atomic E-state index is -5.08. The molecular weight excluding hydrogens is 1090 g/mol. The summed E-state index contributed by atoms with van der Waals surface area (Å²) in [7, 11) is 0. The summed E-state index contributed by atoms with van der Waals surface area (Å²) in [6, 6.07) is 11.1. The molecular formula is C54H64F5N11O12. The van der Waals surface area contributed by atoms with Gasteiger partial charge in [-0.3, -0.25) is 53.0 Å². The van der Waals surface area contributed by atoms with E-state index in [2.05, 4.69) is 36.9 Å². The van der Waals surface area contributed by atoms with Crippen LogP contribution in [0.2, 0.25) is 0 Å². The molecule has 0 radical (unpaired) electrons. The van der Waals surface area contributed by atoms with Gasteiger partial charge in [0.2, 0.25) is 41.4 Å². The fourth-order valence-corrected chi connectivity index (χ4v) is 8.18. The van der Waals surface area contributed by atoms with Crippen molar-refractivity contribution in [3.63, 3.8) is 0 Å². The van der Waals surface area contributed by atoms with Crippen LogP contribution in [0.15, 0.2) is 97.5 Å². The Morgan fingerprint density at radius 2 is 1.35 bits per heavy atom. The lowest BCUT2D eigenvalue weighted by Crippen LogP contribution is -2.58. The number of carboxylic acid groups (broad SMARTS) is 1. The third-order valence-electron chi connectivity index (χ3n) is 12.3. The predicted octanol–water partition coefficient (Wildman–Crippen LogP) is 1.49. The van der Waals surface area contributed by atoms with Crippen LogP contribution in [0, 0.1) is 17.0 Å². The SMILES string of the molecule is C[C@H](NCc1ccncc1)C(=O)N[C@H](C)C(=O)N[C@@H](CC(N)=O)C(=O)N[C@@H](CCN(C(=O)CO)[C@@H](c1cc(-c2cc(F)ccc2F)cn1Cc1ccccc1)C(C)(C)C)C(=O)NCCNC(=O)CN1C(=O)C=CC1=O.O=C(O)C(F)(F)F. The van der Waals surface area contributed by atoms with Gasteiger partial charge in [-0.1, -0.05) is 51.1 Å². The van der Waals surface area contributed by atoms with Gasteiger partial charge in [0.05, 0.1) is 18.5 Å². The number of nitrogens with one attached hydrogen (secondary N) is 6. The Morgan fingerprint density at radius 3 is 1.94 bits per heavy atom. The zero-order chi connectivity index (χ0) is 61.1. The van der Waals surface area contributed by atoms with E-state index in [-0.39, 0.29) is 43.7 Å². The van der Waals surface area contributed by atoms with Gasteiger partial charge in [-0.2, -0.15) is 13.2 Å². The molecule has 3 heterocycles. The smallest absolute Gasteiger partial charge is 0.475 e. The lowest BCUT2D eigenvalue weighted by molar-refractivity contribution is -0.192. The van der Waals surface area contributed by atoms with Crippen molar-refractivity contribution in [2.24, 2.45) is 11.1 Å². The summed E-state index contributed by atoms with van der Waals surface area (Å²) >= 11 is 0. The minimum absolute atomic E-state index is 0.0562. The van der Waals surface area contributed by atoms with E-state index in [0.29, 0.717) is 17.1 Å². The number of hydrogen-bond acceptors (Lipinski definition) is 13. The van der Waals surface area contributed by atoms with Gasteiger partial charge in [-0.15, -0.1) is 0 Å². The molecule has 10 N–H and O–H groups in total. The van der Waals surface area contributed by atoms with Gasteiger partial charge in [0, 0.05) is 80.3 Å². The van der Waals surface area contributed by atoms with E-state index in [1.165, 1.54) is 11.8 Å². The van der Waals surface area contributed by atoms with Crippen molar-refractivity contribution >= 4 is 59.1 Å². The third kappa shape index (κ3) is 20.0. The Balaban J connectivity index is 0.00000193. The molecule has 23 nitrogen and oxygen atoms in total. The number of rotatable bonds is 26. The number of carboxylic acids is 1. The van der Waals surface area contributed by atoms with E-state index in [9.17, 15) is 65.8 Å². The number of benzene rings is 2. The molecule has 0 saturated heterocycles. The fraction of sp³-hybridized carbons (Fsp3) is 0.389. The number of carbonyl (C=O) groups excluding carboxylic acids is 9. The molecule has 442 valence electrons. The summed E-state index contributed by atoms with van der Waals surface area (Å²) in [5.41, 5.74) is 6.96. The van der Waals surface area contributed by atoms with Crippen molar-refractivity contribution in [2.75, 3.05) is 32.8 Å². The Hall–Kier alpha value is -8.92. The summed E-state index contributed by atoms with van der Waals surface area (Å²) in [6.07, 6.45) is 0.615. The van der Waals surface area contributed by atoms with Crippen molar-refractivity contribution in [3.8, 4) is 11.1 Å². The lowest BCUT2D eigenvalue weighted by atomic mass is 9.82. The number of aromatic nitrogens is 2. The van der Waals surface area contributed by atoms with Gasteiger partial charge >= 0.3 is 12.1 Å². The predicted molar refractivity (Wildman–Crippen MR) is 282 cm³/mol. The van der Waals surface area contributed by atoms with Crippen LogP contribution < -0.4 is 37.6 Å². The molecule has 1 aliphatic heterocycles. The molecule has 0 spiro atoms. The number of aliphatic hydroxyl groups is 1. The Kier molecular flexibility index (Phi) is 24.0. The second-order valence-electron chi connectivity index (χ2n) is 19.7. The highest BCUT2D eigenvalue weighted by Crippen LogP contribution is 2.41. The number of hydrogen-bond donors (Lipinski definition) is 9. The molecule has 4 aromatic rings. The van der Waals surface area contributed by atoms with E-state index in [1.807, 2.05) is 51.1 Å². The topological polar surface area (TPSA) is 334 Å². The number of aliphatic hydroxyl groups excluding tert-OH is 1. The monoisotopic (exact) mass is 1150 g/mol. The summed E-state index contributed by atoms with van der Waals surface area (Å²) in [4.78, 5) is 133. The molecule has 0 unspecified atom stereocenters. The number of imide groups is 1. The Morgan fingerprint density at radius 1 is 0.756 bits per heavy atom. The summed E-state index contributed by atoms with van der Waals surface area (Å²) in [6.45, 7) is 6.44. The zero-order valence-corrected chi connectivity index (χ0v) is 45.2. The highest BCUT2D eigenvalue weighted by Gasteiger charge is 2.40. The molecule has 1 aliphatic rings. The quantitative estimate of drug-likeness (QED) is 0.0245. The van der Waals surface area contributed by atoms with Crippen LogP contribution in [0.5, 0.6) is 0 Å². The first-order chi connectivity index (χ1) is 38.5. The van der Waals surface area contributed by atoms with Crippen LogP contribution >= 0.6 is 0 Å². The summed E-state index contributed by atoms with van der Waals surface area (Å²) < 4.78 is 63.5. The van der Waals surface area contributed by atoms with Crippen molar-refractivity contribution in [3.05, 3.63) is 126 Å². The van der Waals surface area contributed by atoms with Gasteiger partial charge < -0.3 is 57.3 Å². The molecule has 2 aromatic carbocycles. The highest BCUT2D eigenvalue weighted by molar-refractivity contribution is 6.14. The number of primary amides is 1. The standard InChI is InChI=1S/C52H63F2N11O10.C2HF3O2/c1-31(59-26-33-15-18-56-19-16-33)48(72)60-32(2)49(73)62-40(25-42(55)67)51(75)61-39(50(74)58-21-20-57-43(68)29-65-44(69)13-14-45(65)70)17-22-64(46(71)30-66)47(52(3,4)5)41-23-35(37-24-36(53)11-12-38(37)54)28-63(41)27-34-9-7-6-8-10-34;3-2(4,5)1(6)7/h6-16,18-19,23-24,28,31-32,39-40,47,59,66H,17,20-22,25-27,29-30H2,1-5H3,(H2,55,67)(H,57,68)(H,58,74)(H,60,72)(H,61,75)(H,62,73);(H,6,7)/t31-,32+,39-,40-,47-;/m0./s1. The molecule has 0 aliphatic carbocycles. The van der Waals surface area contributed by atoms with E-state index < -0.39 is 132 Å². The summed E-state index contributed by atoms with van der Waals surface area (Å²) in [5.74, 6) is -11.5. The average molecular weight is 1150 g/mol. The number of carbonyl (C=O) groups is 10. The highest BCUT2D eigenvalue weighted by atomic mass is 19.4. The first kappa shape index (κ1) is 65.6. The zero-order valence-electron chi connectivity index (χ0n) is 45.2. The number of alkyl halides is 3. The first-order valence-corrected chi connectivity index (χ1v) is 25.3. The van der Waals surface area contributed by atoms with Gasteiger partial charge in [0.1, 0.15) is 42.9 Å². The van der Waals surface area contributed by atoms with Gasteiger partial charge in [0.25, 0.3) is 11.8 Å². The van der Waals surface area contributed by atoms with Crippen LogP contribution in [0.25, 0.3) is 11.1 Å².